The van der Waals surface area contributed by atoms with Crippen LogP contribution in [0.25, 0.3) is 0 Å². The Morgan fingerprint density at radius 2 is 1.68 bits per heavy atom. The molecule has 3 aromatic rings. The van der Waals surface area contributed by atoms with Gasteiger partial charge in [0.25, 0.3) is 0 Å². The van der Waals surface area contributed by atoms with Crippen LogP contribution in [0.5, 0.6) is 0 Å². The molecule has 0 heterocycles. The topological polar surface area (TPSA) is 70.6 Å². The molecular formula is C37H48F2N2O3. The lowest BCUT2D eigenvalue weighted by Gasteiger charge is -2.41. The molecule has 7 heteroatoms. The second kappa shape index (κ2) is 15.2. The van der Waals surface area contributed by atoms with Crippen molar-refractivity contribution in [3.63, 3.8) is 0 Å². The highest BCUT2D eigenvalue weighted by atomic mass is 19.1. The van der Waals surface area contributed by atoms with E-state index >= 15 is 0 Å². The number of benzene rings is 3. The summed E-state index contributed by atoms with van der Waals surface area (Å²) in [5, 5.41) is 18.8. The largest absolute Gasteiger partial charge is 0.465 e. The van der Waals surface area contributed by atoms with Crippen molar-refractivity contribution >= 4 is 5.97 Å². The molecule has 2 atom stereocenters. The van der Waals surface area contributed by atoms with Crippen LogP contribution in [0, 0.1) is 11.6 Å². The Balaban J connectivity index is 1.49. The third-order valence-corrected chi connectivity index (χ3v) is 8.93. The number of carbonyl (C=O) groups excluding carboxylic acids is 1. The molecule has 44 heavy (non-hydrogen) atoms. The van der Waals surface area contributed by atoms with E-state index in [9.17, 15) is 18.7 Å². The van der Waals surface area contributed by atoms with Crippen molar-refractivity contribution in [3.05, 3.63) is 106 Å². The first-order valence-corrected chi connectivity index (χ1v) is 15.9. The molecule has 3 N–H and O–H groups in total. The minimum atomic E-state index is -0.812. The number of esters is 1. The molecule has 4 rings (SSSR count). The van der Waals surface area contributed by atoms with E-state index in [4.69, 9.17) is 4.74 Å². The lowest BCUT2D eigenvalue weighted by molar-refractivity contribution is 0.0599. The standard InChI is InChI=1S/C37H48F2N2O3/c1-36(2,3)28-14-10-15-29(23-28)37(17-8-5-9-18-37)41-25-34(42)33(22-26-20-30(38)24-31(39)21-26)40-19-11-13-27-12-6-7-16-32(27)35(43)44-4/h6-7,10,12,14-16,20-21,23-24,33-34,40-42H,5,8-9,11,13,17-19,22,25H2,1-4H3/t33-,34+/m0/s1. The summed E-state index contributed by atoms with van der Waals surface area (Å²) in [5.74, 6) is -1.64. The quantitative estimate of drug-likeness (QED) is 0.145. The molecule has 5 nitrogen and oxygen atoms in total. The summed E-state index contributed by atoms with van der Waals surface area (Å²) in [5.41, 5.74) is 4.23. The van der Waals surface area contributed by atoms with Crippen LogP contribution < -0.4 is 10.6 Å². The van der Waals surface area contributed by atoms with E-state index in [2.05, 4.69) is 55.7 Å². The van der Waals surface area contributed by atoms with Gasteiger partial charge in [0.15, 0.2) is 0 Å². The number of nitrogens with one attached hydrogen (secondary N) is 2. The monoisotopic (exact) mass is 606 g/mol. The molecule has 3 aromatic carbocycles. The van der Waals surface area contributed by atoms with Crippen LogP contribution in [0.3, 0.4) is 0 Å². The highest BCUT2D eigenvalue weighted by Gasteiger charge is 2.35. The van der Waals surface area contributed by atoms with E-state index in [0.717, 1.165) is 37.3 Å². The lowest BCUT2D eigenvalue weighted by Crippen LogP contribution is -2.52. The Hall–Kier alpha value is -3.13. The Labute approximate surface area is 261 Å². The van der Waals surface area contributed by atoms with Gasteiger partial charge >= 0.3 is 5.97 Å². The van der Waals surface area contributed by atoms with E-state index in [1.807, 2.05) is 18.2 Å². The van der Waals surface area contributed by atoms with E-state index in [1.54, 1.807) is 6.07 Å². The van der Waals surface area contributed by atoms with Gasteiger partial charge < -0.3 is 20.5 Å². The zero-order valence-corrected chi connectivity index (χ0v) is 26.6. The number of methoxy groups -OCH3 is 1. The van der Waals surface area contributed by atoms with Crippen LogP contribution in [0.2, 0.25) is 0 Å². The molecule has 238 valence electrons. The van der Waals surface area contributed by atoms with E-state index in [1.165, 1.54) is 36.8 Å². The molecule has 0 aromatic heterocycles. The third-order valence-electron chi connectivity index (χ3n) is 8.93. The Morgan fingerprint density at radius 1 is 0.977 bits per heavy atom. The Bertz CT molecular complexity index is 1360. The summed E-state index contributed by atoms with van der Waals surface area (Å²) < 4.78 is 33.1. The number of halogens is 2. The van der Waals surface area contributed by atoms with Crippen LogP contribution in [0.1, 0.15) is 91.9 Å². The van der Waals surface area contributed by atoms with Gasteiger partial charge in [-0.05, 0) is 84.5 Å². The molecule has 0 saturated heterocycles. The maximum atomic E-state index is 14.1. The molecule has 1 aliphatic rings. The Kier molecular flexibility index (Phi) is 11.7. The zero-order chi connectivity index (χ0) is 31.7. The molecule has 0 spiro atoms. The van der Waals surface area contributed by atoms with Crippen LogP contribution in [-0.2, 0) is 28.5 Å². The van der Waals surface area contributed by atoms with Gasteiger partial charge in [0.05, 0.1) is 18.8 Å². The van der Waals surface area contributed by atoms with Gasteiger partial charge in [0.1, 0.15) is 11.6 Å². The van der Waals surface area contributed by atoms with E-state index in [0.29, 0.717) is 37.1 Å². The highest BCUT2D eigenvalue weighted by molar-refractivity contribution is 5.90. The molecule has 0 aliphatic heterocycles. The number of aliphatic hydroxyl groups excluding tert-OH is 1. The number of hydrogen-bond donors (Lipinski definition) is 3. The average molecular weight is 607 g/mol. The van der Waals surface area contributed by atoms with Gasteiger partial charge in [0.2, 0.25) is 0 Å². The highest BCUT2D eigenvalue weighted by Crippen LogP contribution is 2.38. The number of carbonyl (C=O) groups is 1. The van der Waals surface area contributed by atoms with Crippen molar-refractivity contribution in [3.8, 4) is 0 Å². The summed E-state index contributed by atoms with van der Waals surface area (Å²) in [6, 6.07) is 19.2. The van der Waals surface area contributed by atoms with Crippen molar-refractivity contribution in [2.75, 3.05) is 20.2 Å². The minimum Gasteiger partial charge on any atom is -0.465 e. The first kappa shape index (κ1) is 33.8. The lowest BCUT2D eigenvalue weighted by atomic mass is 9.74. The summed E-state index contributed by atoms with van der Waals surface area (Å²) in [6.07, 6.45) is 6.18. The number of ether oxygens (including phenoxy) is 1. The van der Waals surface area contributed by atoms with Crippen molar-refractivity contribution in [2.45, 2.75) is 95.2 Å². The van der Waals surface area contributed by atoms with Crippen LogP contribution in [0.15, 0.2) is 66.7 Å². The predicted molar refractivity (Wildman–Crippen MR) is 172 cm³/mol. The molecule has 0 unspecified atom stereocenters. The number of hydrogen-bond acceptors (Lipinski definition) is 5. The molecule has 0 bridgehead atoms. The summed E-state index contributed by atoms with van der Waals surface area (Å²) in [7, 11) is 1.37. The van der Waals surface area contributed by atoms with Gasteiger partial charge in [-0.2, -0.15) is 0 Å². The first-order valence-electron chi connectivity index (χ1n) is 15.9. The fourth-order valence-corrected chi connectivity index (χ4v) is 6.39. The van der Waals surface area contributed by atoms with Gasteiger partial charge in [-0.15, -0.1) is 0 Å². The molecular weight excluding hydrogens is 558 g/mol. The first-order chi connectivity index (χ1) is 21.0. The second-order valence-corrected chi connectivity index (χ2v) is 13.2. The van der Waals surface area contributed by atoms with Crippen LogP contribution >= 0.6 is 0 Å². The van der Waals surface area contributed by atoms with Gasteiger partial charge in [-0.3, -0.25) is 0 Å². The van der Waals surface area contributed by atoms with Crippen molar-refractivity contribution in [2.24, 2.45) is 0 Å². The van der Waals surface area contributed by atoms with Crippen molar-refractivity contribution in [1.82, 2.24) is 10.6 Å². The molecule has 0 amide bonds. The van der Waals surface area contributed by atoms with Gasteiger partial charge in [-0.25, -0.2) is 13.6 Å². The van der Waals surface area contributed by atoms with E-state index < -0.39 is 23.8 Å². The maximum absolute atomic E-state index is 14.1. The third kappa shape index (κ3) is 8.96. The van der Waals surface area contributed by atoms with Crippen molar-refractivity contribution < 1.29 is 23.4 Å². The fourth-order valence-electron chi connectivity index (χ4n) is 6.39. The number of aryl methyl sites for hydroxylation is 1. The molecule has 1 saturated carbocycles. The molecule has 0 radical (unpaired) electrons. The smallest absolute Gasteiger partial charge is 0.338 e. The fraction of sp³-hybridized carbons (Fsp3) is 0.486. The number of rotatable bonds is 13. The van der Waals surface area contributed by atoms with E-state index in [-0.39, 0.29) is 23.3 Å². The predicted octanol–water partition coefficient (Wildman–Crippen LogP) is 6.99. The van der Waals surface area contributed by atoms with Gasteiger partial charge in [0, 0.05) is 24.2 Å². The summed E-state index contributed by atoms with van der Waals surface area (Å²) >= 11 is 0. The molecule has 1 aliphatic carbocycles. The second-order valence-electron chi connectivity index (χ2n) is 13.2. The summed E-state index contributed by atoms with van der Waals surface area (Å²) in [4.78, 5) is 12.2. The maximum Gasteiger partial charge on any atom is 0.338 e. The Morgan fingerprint density at radius 3 is 2.36 bits per heavy atom. The van der Waals surface area contributed by atoms with Crippen LogP contribution in [0.4, 0.5) is 8.78 Å². The number of aliphatic hydroxyl groups is 1. The summed E-state index contributed by atoms with van der Waals surface area (Å²) in [6.45, 7) is 7.54. The minimum absolute atomic E-state index is 0.0258. The SMILES string of the molecule is COC(=O)c1ccccc1CCCN[C@@H](Cc1cc(F)cc(F)c1)[C@H](O)CNC1(c2cccc(C(C)(C)C)c2)CCCCC1. The normalized spacial score (nSPS) is 16.3. The van der Waals surface area contributed by atoms with Gasteiger partial charge in [-0.1, -0.05) is 82.5 Å². The average Bonchev–Trinajstić information content (AvgIpc) is 3.00. The van der Waals surface area contributed by atoms with Crippen molar-refractivity contribution in [1.29, 1.82) is 0 Å². The molecule has 1 fully saturated rings. The zero-order valence-electron chi connectivity index (χ0n) is 26.6. The van der Waals surface area contributed by atoms with Crippen LogP contribution in [-0.4, -0.2) is 43.4 Å².